The molecule has 0 spiro atoms. The molecule has 4 rings (SSSR count). The van der Waals surface area contributed by atoms with Crippen LogP contribution in [0.15, 0.2) is 76.9 Å². The molecule has 0 atom stereocenters. The highest BCUT2D eigenvalue weighted by molar-refractivity contribution is 6.31. The number of imide groups is 2. The van der Waals surface area contributed by atoms with Crippen molar-refractivity contribution in [1.29, 1.82) is 0 Å². The average molecular weight is 416 g/mol. The zero-order valence-corrected chi connectivity index (χ0v) is 16.8. The second-order valence-corrected chi connectivity index (χ2v) is 7.10. The smallest absolute Gasteiger partial charge is 0.331 e. The predicted octanol–water partition coefficient (Wildman–Crippen LogP) is 3.83. The highest BCUT2D eigenvalue weighted by atomic mass is 16.5. The summed E-state index contributed by atoms with van der Waals surface area (Å²) in [5.74, 6) is -0.498. The Kier molecular flexibility index (Phi) is 5.66. The lowest BCUT2D eigenvalue weighted by molar-refractivity contribution is -0.130. The number of carbonyl (C=O) groups excluding carboxylic acids is 3. The number of barbiturate groups is 1. The van der Waals surface area contributed by atoms with Gasteiger partial charge in [0.05, 0.1) is 12.8 Å². The first-order valence-corrected chi connectivity index (χ1v) is 9.70. The minimum Gasteiger partial charge on any atom is -0.488 e. The minimum absolute atomic E-state index is 0.0755. The van der Waals surface area contributed by atoms with E-state index in [1.54, 1.807) is 30.3 Å². The van der Waals surface area contributed by atoms with E-state index in [2.05, 4.69) is 5.32 Å². The van der Waals surface area contributed by atoms with E-state index in [0.29, 0.717) is 23.7 Å². The molecule has 7 nitrogen and oxygen atoms in total. The summed E-state index contributed by atoms with van der Waals surface area (Å²) in [6.07, 6.45) is 2.88. The molecule has 2 aromatic carbocycles. The molecule has 1 fully saturated rings. The average Bonchev–Trinajstić information content (AvgIpc) is 3.28. The quantitative estimate of drug-likeness (QED) is 0.487. The fraction of sp³-hybridized carbons (Fsp3) is 0.125. The summed E-state index contributed by atoms with van der Waals surface area (Å²) < 4.78 is 11.1. The summed E-state index contributed by atoms with van der Waals surface area (Å²) in [7, 11) is 0. The zero-order chi connectivity index (χ0) is 21.8. The molecule has 1 aromatic heterocycles. The van der Waals surface area contributed by atoms with Gasteiger partial charge in [0.15, 0.2) is 0 Å². The number of amides is 4. The molecule has 0 radical (unpaired) electrons. The van der Waals surface area contributed by atoms with Gasteiger partial charge in [0.1, 0.15) is 23.7 Å². The molecule has 1 aliphatic heterocycles. The number of rotatable bonds is 6. The number of furan rings is 1. The van der Waals surface area contributed by atoms with Crippen molar-refractivity contribution in [3.05, 3.63) is 95.0 Å². The Morgan fingerprint density at radius 1 is 1.00 bits per heavy atom. The zero-order valence-electron chi connectivity index (χ0n) is 16.8. The summed E-state index contributed by atoms with van der Waals surface area (Å²) in [6.45, 7) is 2.27. The third-order valence-corrected chi connectivity index (χ3v) is 4.81. The fourth-order valence-electron chi connectivity index (χ4n) is 3.13. The Morgan fingerprint density at radius 2 is 1.77 bits per heavy atom. The molecular formula is C24H20N2O5. The number of benzene rings is 2. The molecule has 31 heavy (non-hydrogen) atoms. The first kappa shape index (κ1) is 20.2. The number of nitrogens with one attached hydrogen (secondary N) is 1. The lowest BCUT2D eigenvalue weighted by Crippen LogP contribution is -2.53. The molecule has 0 aliphatic carbocycles. The molecular weight excluding hydrogens is 396 g/mol. The topological polar surface area (TPSA) is 88.8 Å². The number of urea groups is 1. The van der Waals surface area contributed by atoms with E-state index in [9.17, 15) is 14.4 Å². The van der Waals surface area contributed by atoms with Gasteiger partial charge in [0.2, 0.25) is 0 Å². The summed E-state index contributed by atoms with van der Waals surface area (Å²) in [5, 5.41) is 2.20. The van der Waals surface area contributed by atoms with Gasteiger partial charge in [-0.2, -0.15) is 0 Å². The van der Waals surface area contributed by atoms with Crippen molar-refractivity contribution >= 4 is 23.9 Å². The molecule has 2 heterocycles. The van der Waals surface area contributed by atoms with Crippen molar-refractivity contribution in [2.45, 2.75) is 20.1 Å². The second-order valence-electron chi connectivity index (χ2n) is 7.10. The molecule has 156 valence electrons. The predicted molar refractivity (Wildman–Crippen MR) is 113 cm³/mol. The maximum atomic E-state index is 12.9. The van der Waals surface area contributed by atoms with Crippen LogP contribution < -0.4 is 10.1 Å². The third kappa shape index (κ3) is 4.56. The van der Waals surface area contributed by atoms with Crippen molar-refractivity contribution in [3.8, 4) is 5.75 Å². The monoisotopic (exact) mass is 416 g/mol. The molecule has 1 saturated heterocycles. The number of hydrogen-bond donors (Lipinski definition) is 1. The number of carbonyl (C=O) groups is 3. The Balaban J connectivity index is 1.57. The van der Waals surface area contributed by atoms with Gasteiger partial charge in [0.25, 0.3) is 11.8 Å². The van der Waals surface area contributed by atoms with Crippen molar-refractivity contribution in [1.82, 2.24) is 10.2 Å². The van der Waals surface area contributed by atoms with Crippen LogP contribution >= 0.6 is 0 Å². The van der Waals surface area contributed by atoms with Crippen LogP contribution in [0.4, 0.5) is 4.79 Å². The lowest BCUT2D eigenvalue weighted by atomic mass is 10.1. The number of ether oxygens (including phenoxy) is 1. The van der Waals surface area contributed by atoms with Gasteiger partial charge in [-0.3, -0.25) is 19.8 Å². The number of nitrogens with zero attached hydrogens (tertiary/aromatic N) is 1. The Labute approximate surface area is 178 Å². The largest absolute Gasteiger partial charge is 0.488 e. The van der Waals surface area contributed by atoms with E-state index >= 15 is 0 Å². The van der Waals surface area contributed by atoms with Gasteiger partial charge in [-0.05, 0) is 36.8 Å². The third-order valence-electron chi connectivity index (χ3n) is 4.81. The summed E-state index contributed by atoms with van der Waals surface area (Å²) >= 11 is 0. The second kappa shape index (κ2) is 8.71. The van der Waals surface area contributed by atoms with Crippen molar-refractivity contribution in [2.24, 2.45) is 0 Å². The van der Waals surface area contributed by atoms with Crippen LogP contribution in [0, 0.1) is 6.92 Å². The molecule has 0 unspecified atom stereocenters. The van der Waals surface area contributed by atoms with Crippen LogP contribution in [0.5, 0.6) is 5.75 Å². The normalized spacial score (nSPS) is 15.3. The van der Waals surface area contributed by atoms with E-state index in [4.69, 9.17) is 9.15 Å². The van der Waals surface area contributed by atoms with Gasteiger partial charge in [-0.15, -0.1) is 0 Å². The molecule has 0 bridgehead atoms. The standard InChI is InChI=1S/C24H20N2O5/c1-16-8-10-17(11-9-16)15-31-21-7-3-2-5-18(21)13-20-22(27)25-24(29)26(23(20)28)14-19-6-4-12-30-19/h2-13H,14-15H2,1H3,(H,25,27,29). The maximum absolute atomic E-state index is 12.9. The highest BCUT2D eigenvalue weighted by Gasteiger charge is 2.36. The summed E-state index contributed by atoms with van der Waals surface area (Å²) in [4.78, 5) is 38.4. The van der Waals surface area contributed by atoms with Crippen LogP contribution in [-0.4, -0.2) is 22.7 Å². The van der Waals surface area contributed by atoms with Gasteiger partial charge in [0, 0.05) is 5.56 Å². The Bertz CT molecular complexity index is 1150. The molecule has 1 aliphatic rings. The maximum Gasteiger partial charge on any atom is 0.331 e. The molecule has 4 amide bonds. The van der Waals surface area contributed by atoms with Crippen LogP contribution in [0.1, 0.15) is 22.5 Å². The van der Waals surface area contributed by atoms with E-state index in [1.165, 1.54) is 12.3 Å². The lowest BCUT2D eigenvalue weighted by Gasteiger charge is -2.25. The van der Waals surface area contributed by atoms with E-state index < -0.39 is 17.8 Å². The molecule has 3 aromatic rings. The molecule has 0 saturated carbocycles. The number of para-hydroxylation sites is 1. The summed E-state index contributed by atoms with van der Waals surface area (Å²) in [5.41, 5.74) is 2.55. The fourth-order valence-corrected chi connectivity index (χ4v) is 3.13. The first-order chi connectivity index (χ1) is 15.0. The van der Waals surface area contributed by atoms with E-state index in [-0.39, 0.29) is 12.1 Å². The van der Waals surface area contributed by atoms with Crippen LogP contribution in [-0.2, 0) is 22.7 Å². The number of hydrogen-bond acceptors (Lipinski definition) is 5. The van der Waals surface area contributed by atoms with Crippen LogP contribution in [0.2, 0.25) is 0 Å². The van der Waals surface area contributed by atoms with Gasteiger partial charge >= 0.3 is 6.03 Å². The molecule has 1 N–H and O–H groups in total. The van der Waals surface area contributed by atoms with Crippen molar-refractivity contribution in [2.75, 3.05) is 0 Å². The Morgan fingerprint density at radius 3 is 2.52 bits per heavy atom. The number of aryl methyl sites for hydroxylation is 1. The highest BCUT2D eigenvalue weighted by Crippen LogP contribution is 2.24. The van der Waals surface area contributed by atoms with Crippen molar-refractivity contribution in [3.63, 3.8) is 0 Å². The SMILES string of the molecule is Cc1ccc(COc2ccccc2C=C2C(=O)NC(=O)N(Cc3ccco3)C2=O)cc1. The van der Waals surface area contributed by atoms with Gasteiger partial charge in [-0.25, -0.2) is 4.79 Å². The van der Waals surface area contributed by atoms with Gasteiger partial charge < -0.3 is 9.15 Å². The first-order valence-electron chi connectivity index (χ1n) is 9.70. The minimum atomic E-state index is -0.785. The van der Waals surface area contributed by atoms with E-state index in [0.717, 1.165) is 16.0 Å². The summed E-state index contributed by atoms with van der Waals surface area (Å²) in [6, 6.07) is 17.6. The van der Waals surface area contributed by atoms with Crippen molar-refractivity contribution < 1.29 is 23.5 Å². The van der Waals surface area contributed by atoms with Crippen LogP contribution in [0.25, 0.3) is 6.08 Å². The van der Waals surface area contributed by atoms with Gasteiger partial charge in [-0.1, -0.05) is 48.0 Å². The molecule has 7 heteroatoms. The van der Waals surface area contributed by atoms with Crippen LogP contribution in [0.3, 0.4) is 0 Å². The van der Waals surface area contributed by atoms with E-state index in [1.807, 2.05) is 37.3 Å². The Hall–Kier alpha value is -4.13.